The lowest BCUT2D eigenvalue weighted by molar-refractivity contribution is -0.274. The normalized spacial score (nSPS) is 11.0. The summed E-state index contributed by atoms with van der Waals surface area (Å²) < 4.78 is 50.8. The summed E-state index contributed by atoms with van der Waals surface area (Å²) >= 11 is 0. The van der Waals surface area contributed by atoms with Crippen LogP contribution in [0.3, 0.4) is 0 Å². The predicted molar refractivity (Wildman–Crippen MR) is 84.9 cm³/mol. The smallest absolute Gasteiger partial charge is 0.491 e. The number of amides is 1. The number of ether oxygens (including phenoxy) is 3. The van der Waals surface area contributed by atoms with E-state index in [1.165, 1.54) is 18.2 Å². The molecule has 0 fully saturated rings. The average Bonchev–Trinajstić information content (AvgIpc) is 2.54. The fourth-order valence-electron chi connectivity index (χ4n) is 1.94. The monoisotopic (exact) mass is 355 g/mol. The van der Waals surface area contributed by atoms with Gasteiger partial charge in [-0.05, 0) is 30.3 Å². The highest BCUT2D eigenvalue weighted by Gasteiger charge is 2.31. The second-order valence-electron chi connectivity index (χ2n) is 4.90. The Balaban J connectivity index is 2.04. The number of carbonyl (C=O) groups is 1. The van der Waals surface area contributed by atoms with Crippen LogP contribution >= 0.6 is 0 Å². The number of benzene rings is 2. The predicted octanol–water partition coefficient (Wildman–Crippen LogP) is 3.86. The number of nitrogens with one attached hydrogen (secondary N) is 1. The van der Waals surface area contributed by atoms with E-state index in [1.807, 2.05) is 0 Å². The second kappa shape index (κ2) is 8.39. The fraction of sp³-hybridized carbons (Fsp3) is 0.235. The molecule has 0 spiro atoms. The summed E-state index contributed by atoms with van der Waals surface area (Å²) in [6, 6.07) is 11.5. The van der Waals surface area contributed by atoms with Crippen LogP contribution in [0.15, 0.2) is 48.5 Å². The van der Waals surface area contributed by atoms with Gasteiger partial charge >= 0.3 is 6.36 Å². The van der Waals surface area contributed by atoms with Crippen LogP contribution in [0.5, 0.6) is 11.5 Å². The summed E-state index contributed by atoms with van der Waals surface area (Å²) in [6.07, 6.45) is -4.80. The summed E-state index contributed by atoms with van der Waals surface area (Å²) in [5.41, 5.74) is 0.481. The molecule has 134 valence electrons. The zero-order chi connectivity index (χ0) is 18.3. The molecule has 8 heteroatoms. The lowest BCUT2D eigenvalue weighted by Gasteiger charge is -2.11. The van der Waals surface area contributed by atoms with E-state index in [1.54, 1.807) is 25.3 Å². The van der Waals surface area contributed by atoms with Crippen molar-refractivity contribution in [2.24, 2.45) is 0 Å². The first-order chi connectivity index (χ1) is 11.9. The number of hydrogen-bond acceptors (Lipinski definition) is 4. The molecule has 1 amide bonds. The van der Waals surface area contributed by atoms with Crippen molar-refractivity contribution < 1.29 is 32.2 Å². The molecule has 2 rings (SSSR count). The topological polar surface area (TPSA) is 56.8 Å². The highest BCUT2D eigenvalue weighted by molar-refractivity contribution is 6.04. The van der Waals surface area contributed by atoms with E-state index in [9.17, 15) is 18.0 Å². The molecule has 1 N–H and O–H groups in total. The van der Waals surface area contributed by atoms with Crippen LogP contribution in [-0.4, -0.2) is 32.6 Å². The Bertz CT molecular complexity index is 719. The van der Waals surface area contributed by atoms with Gasteiger partial charge in [0.2, 0.25) is 0 Å². The van der Waals surface area contributed by atoms with Crippen LogP contribution in [0.25, 0.3) is 0 Å². The van der Waals surface area contributed by atoms with Crippen molar-refractivity contribution in [3.63, 3.8) is 0 Å². The molecule has 2 aromatic rings. The van der Waals surface area contributed by atoms with Gasteiger partial charge in [0.1, 0.15) is 18.1 Å². The van der Waals surface area contributed by atoms with Crippen LogP contribution in [0.4, 0.5) is 18.9 Å². The SMILES string of the molecule is COCCOc1cccc(C(=O)Nc2cccc(OC(F)(F)F)c2)c1. The molecule has 0 atom stereocenters. The first-order valence-electron chi connectivity index (χ1n) is 7.26. The quantitative estimate of drug-likeness (QED) is 0.766. The summed E-state index contributed by atoms with van der Waals surface area (Å²) in [5, 5.41) is 2.51. The highest BCUT2D eigenvalue weighted by Crippen LogP contribution is 2.25. The van der Waals surface area contributed by atoms with Crippen LogP contribution in [0, 0.1) is 0 Å². The van der Waals surface area contributed by atoms with E-state index in [-0.39, 0.29) is 5.69 Å². The van der Waals surface area contributed by atoms with Gasteiger partial charge in [0, 0.05) is 24.4 Å². The maximum Gasteiger partial charge on any atom is 0.573 e. The number of anilines is 1. The highest BCUT2D eigenvalue weighted by atomic mass is 19.4. The summed E-state index contributed by atoms with van der Waals surface area (Å²) in [5.74, 6) is -0.415. The van der Waals surface area contributed by atoms with Crippen molar-refractivity contribution in [2.45, 2.75) is 6.36 Å². The van der Waals surface area contributed by atoms with Crippen LogP contribution in [0.2, 0.25) is 0 Å². The molecule has 0 aliphatic heterocycles. The Labute approximate surface area is 142 Å². The minimum atomic E-state index is -4.80. The minimum Gasteiger partial charge on any atom is -0.491 e. The molecule has 0 bridgehead atoms. The zero-order valence-electron chi connectivity index (χ0n) is 13.3. The number of halogens is 3. The molecule has 0 unspecified atom stereocenters. The largest absolute Gasteiger partial charge is 0.573 e. The molecule has 5 nitrogen and oxygen atoms in total. The number of hydrogen-bond donors (Lipinski definition) is 1. The molecule has 0 radical (unpaired) electrons. The Morgan fingerprint density at radius 2 is 1.76 bits per heavy atom. The van der Waals surface area contributed by atoms with Crippen LogP contribution < -0.4 is 14.8 Å². The van der Waals surface area contributed by atoms with E-state index in [0.717, 1.165) is 12.1 Å². The third kappa shape index (κ3) is 6.34. The van der Waals surface area contributed by atoms with E-state index < -0.39 is 18.0 Å². The Morgan fingerprint density at radius 1 is 1.04 bits per heavy atom. The number of alkyl halides is 3. The minimum absolute atomic E-state index is 0.178. The van der Waals surface area contributed by atoms with Gasteiger partial charge in [-0.15, -0.1) is 13.2 Å². The molecule has 25 heavy (non-hydrogen) atoms. The number of methoxy groups -OCH3 is 1. The molecular formula is C17H16F3NO4. The van der Waals surface area contributed by atoms with E-state index in [0.29, 0.717) is 24.5 Å². The van der Waals surface area contributed by atoms with Crippen molar-refractivity contribution >= 4 is 11.6 Å². The lowest BCUT2D eigenvalue weighted by Crippen LogP contribution is -2.17. The van der Waals surface area contributed by atoms with Crippen molar-refractivity contribution in [1.29, 1.82) is 0 Å². The first kappa shape index (κ1) is 18.6. The van der Waals surface area contributed by atoms with Gasteiger partial charge in [-0.25, -0.2) is 0 Å². The zero-order valence-corrected chi connectivity index (χ0v) is 13.3. The second-order valence-corrected chi connectivity index (χ2v) is 4.90. The third-order valence-electron chi connectivity index (χ3n) is 2.98. The van der Waals surface area contributed by atoms with Crippen LogP contribution in [-0.2, 0) is 4.74 Å². The van der Waals surface area contributed by atoms with Crippen molar-refractivity contribution in [1.82, 2.24) is 0 Å². The molecule has 0 saturated heterocycles. The van der Waals surface area contributed by atoms with Gasteiger partial charge < -0.3 is 19.5 Å². The summed E-state index contributed by atoms with van der Waals surface area (Å²) in [7, 11) is 1.55. The van der Waals surface area contributed by atoms with Gasteiger partial charge in [-0.3, -0.25) is 4.79 Å². The molecular weight excluding hydrogens is 339 g/mol. The van der Waals surface area contributed by atoms with Gasteiger partial charge in [0.05, 0.1) is 6.61 Å². The Hall–Kier alpha value is -2.74. The fourth-order valence-corrected chi connectivity index (χ4v) is 1.94. The number of rotatable bonds is 7. The molecule has 2 aromatic carbocycles. The first-order valence-corrected chi connectivity index (χ1v) is 7.26. The molecule has 0 aliphatic rings. The van der Waals surface area contributed by atoms with Crippen molar-refractivity contribution in [2.75, 3.05) is 25.6 Å². The van der Waals surface area contributed by atoms with Gasteiger partial charge in [-0.1, -0.05) is 12.1 Å². The molecule has 0 aliphatic carbocycles. The van der Waals surface area contributed by atoms with Crippen molar-refractivity contribution in [3.05, 3.63) is 54.1 Å². The maximum absolute atomic E-state index is 12.2. The Morgan fingerprint density at radius 3 is 2.48 bits per heavy atom. The maximum atomic E-state index is 12.2. The van der Waals surface area contributed by atoms with Crippen LogP contribution in [0.1, 0.15) is 10.4 Å². The third-order valence-corrected chi connectivity index (χ3v) is 2.98. The molecule has 0 heterocycles. The summed E-state index contributed by atoms with van der Waals surface area (Å²) in [6.45, 7) is 0.737. The molecule has 0 saturated carbocycles. The van der Waals surface area contributed by atoms with Crippen molar-refractivity contribution in [3.8, 4) is 11.5 Å². The lowest BCUT2D eigenvalue weighted by atomic mass is 10.2. The van der Waals surface area contributed by atoms with E-state index >= 15 is 0 Å². The van der Waals surface area contributed by atoms with Gasteiger partial charge in [-0.2, -0.15) is 0 Å². The van der Waals surface area contributed by atoms with Gasteiger partial charge in [0.15, 0.2) is 0 Å². The molecule has 0 aromatic heterocycles. The van der Waals surface area contributed by atoms with E-state index in [2.05, 4.69) is 10.1 Å². The van der Waals surface area contributed by atoms with Gasteiger partial charge in [0.25, 0.3) is 5.91 Å². The standard InChI is InChI=1S/C17H16F3NO4/c1-23-8-9-24-14-6-2-4-12(10-14)16(22)21-13-5-3-7-15(11-13)25-17(18,19)20/h2-7,10-11H,8-9H2,1H3,(H,21,22). The average molecular weight is 355 g/mol. The number of carbonyl (C=O) groups excluding carboxylic acids is 1. The Kier molecular flexibility index (Phi) is 6.24. The van der Waals surface area contributed by atoms with E-state index in [4.69, 9.17) is 9.47 Å². The summed E-state index contributed by atoms with van der Waals surface area (Å²) in [4.78, 5) is 12.2.